The summed E-state index contributed by atoms with van der Waals surface area (Å²) in [6, 6.07) is 4.70. The van der Waals surface area contributed by atoms with Crippen molar-refractivity contribution < 1.29 is 33.5 Å². The summed E-state index contributed by atoms with van der Waals surface area (Å²) in [5, 5.41) is 22.5. The number of benzene rings is 2. The molecule has 1 aromatic heterocycles. The number of rotatable bonds is 7. The third-order valence-corrected chi connectivity index (χ3v) is 7.13. The van der Waals surface area contributed by atoms with E-state index in [1.807, 2.05) is 0 Å². The summed E-state index contributed by atoms with van der Waals surface area (Å²) in [6.07, 6.45) is -5.25. The van der Waals surface area contributed by atoms with Crippen molar-refractivity contribution in [2.24, 2.45) is 0 Å². The van der Waals surface area contributed by atoms with Crippen molar-refractivity contribution in [1.29, 1.82) is 0 Å². The molecule has 0 unspecified atom stereocenters. The summed E-state index contributed by atoms with van der Waals surface area (Å²) in [6.45, 7) is 0. The van der Waals surface area contributed by atoms with Gasteiger partial charge in [-0.25, -0.2) is 26.7 Å². The molecule has 16 heteroatoms. The minimum atomic E-state index is -4.28. The first-order chi connectivity index (χ1) is 17.2. The molecule has 0 spiro atoms. The van der Waals surface area contributed by atoms with E-state index >= 15 is 0 Å². The van der Waals surface area contributed by atoms with Gasteiger partial charge in [0.25, 0.3) is 12.0 Å². The fourth-order valence-corrected chi connectivity index (χ4v) is 5.16. The number of nitrogens with one attached hydrogen (secondary N) is 2. The number of aromatic nitrogens is 3. The Balaban J connectivity index is 1.64. The molecule has 36 heavy (non-hydrogen) atoms. The van der Waals surface area contributed by atoms with Crippen molar-refractivity contribution in [2.45, 2.75) is 36.3 Å². The maximum atomic E-state index is 13.0. The van der Waals surface area contributed by atoms with Crippen molar-refractivity contribution in [1.82, 2.24) is 19.5 Å². The fraction of sp³-hybridized carbons (Fsp3) is 0.250. The Hall–Kier alpha value is -3.04. The van der Waals surface area contributed by atoms with Gasteiger partial charge < -0.3 is 14.9 Å². The first-order valence-electron chi connectivity index (χ1n) is 10.4. The molecule has 4 N–H and O–H groups in total. The molecule has 0 radical (unpaired) electrons. The molecule has 11 nitrogen and oxygen atoms in total. The Morgan fingerprint density at radius 3 is 2.44 bits per heavy atom. The number of halogens is 4. The maximum absolute atomic E-state index is 13.0. The van der Waals surface area contributed by atoms with E-state index in [-0.39, 0.29) is 40.1 Å². The van der Waals surface area contributed by atoms with E-state index in [0.717, 1.165) is 24.3 Å². The Bertz CT molecular complexity index is 1580. The van der Waals surface area contributed by atoms with Crippen LogP contribution < -0.4 is 20.7 Å². The lowest BCUT2D eigenvalue weighted by Gasteiger charge is -2.31. The predicted octanol–water partition coefficient (Wildman–Crippen LogP) is 2.46. The van der Waals surface area contributed by atoms with Crippen molar-refractivity contribution in [3.63, 3.8) is 0 Å². The summed E-state index contributed by atoms with van der Waals surface area (Å²) in [4.78, 5) is 24.8. The molecule has 0 aliphatic heterocycles. The lowest BCUT2D eigenvalue weighted by atomic mass is 9.91. The molecule has 3 aromatic rings. The van der Waals surface area contributed by atoms with Gasteiger partial charge in [0.15, 0.2) is 11.4 Å². The van der Waals surface area contributed by atoms with Crippen LogP contribution in [0.3, 0.4) is 0 Å². The number of ether oxygens (including phenoxy) is 1. The van der Waals surface area contributed by atoms with Crippen LogP contribution in [0.4, 0.5) is 8.78 Å². The largest absolute Gasteiger partial charge is 0.507 e. The minimum absolute atomic E-state index is 0.125. The second-order valence-electron chi connectivity index (χ2n) is 7.62. The van der Waals surface area contributed by atoms with Gasteiger partial charge in [0, 0.05) is 12.1 Å². The molecule has 192 valence electrons. The highest BCUT2D eigenvalue weighted by atomic mass is 35.5. The quantitative estimate of drug-likeness (QED) is 0.339. The van der Waals surface area contributed by atoms with Gasteiger partial charge in [-0.1, -0.05) is 23.2 Å². The Labute approximate surface area is 212 Å². The van der Waals surface area contributed by atoms with Crippen LogP contribution in [0.5, 0.6) is 17.2 Å². The van der Waals surface area contributed by atoms with E-state index < -0.39 is 56.2 Å². The smallest absolute Gasteiger partial charge is 0.349 e. The predicted molar refractivity (Wildman–Crippen MR) is 123 cm³/mol. The van der Waals surface area contributed by atoms with Crippen LogP contribution in [-0.2, 0) is 10.0 Å². The molecule has 0 amide bonds. The third kappa shape index (κ3) is 5.22. The van der Waals surface area contributed by atoms with Crippen molar-refractivity contribution in [3.05, 3.63) is 66.9 Å². The number of sulfonamides is 1. The van der Waals surface area contributed by atoms with Gasteiger partial charge in [-0.15, -0.1) is 0 Å². The second kappa shape index (κ2) is 9.78. The molecule has 0 atom stereocenters. The van der Waals surface area contributed by atoms with E-state index in [9.17, 15) is 37.0 Å². The summed E-state index contributed by atoms with van der Waals surface area (Å²) >= 11 is 12.4. The zero-order valence-corrected chi connectivity index (χ0v) is 20.0. The van der Waals surface area contributed by atoms with Crippen LogP contribution >= 0.6 is 23.2 Å². The van der Waals surface area contributed by atoms with E-state index in [4.69, 9.17) is 29.3 Å². The topological polar surface area (TPSA) is 164 Å². The summed E-state index contributed by atoms with van der Waals surface area (Å²) in [5.74, 6) is -0.940. The Morgan fingerprint density at radius 2 is 1.86 bits per heavy atom. The summed E-state index contributed by atoms with van der Waals surface area (Å²) in [5.41, 5.74) is -3.87. The number of aliphatic hydroxyl groups is 1. The number of aromatic hydroxyl groups is 1. The molecule has 1 aliphatic rings. The molecular formula is C20H16Cl2F2N4O7S. The molecule has 1 fully saturated rings. The van der Waals surface area contributed by atoms with Crippen molar-refractivity contribution in [2.75, 3.05) is 0 Å². The zero-order chi connectivity index (χ0) is 27.3. The fourth-order valence-electron chi connectivity index (χ4n) is 3.26. The highest BCUT2D eigenvalue weighted by molar-refractivity contribution is 7.89. The molecule has 0 saturated heterocycles. The highest BCUT2D eigenvalue weighted by Gasteiger charge is 2.32. The van der Waals surface area contributed by atoms with Crippen LogP contribution in [-0.4, -0.2) is 45.5 Å². The van der Waals surface area contributed by atoms with Gasteiger partial charge in [-0.05, 0) is 37.1 Å². The van der Waals surface area contributed by atoms with E-state index in [0.29, 0.717) is 4.68 Å². The van der Waals surface area contributed by atoms with E-state index in [2.05, 4.69) is 9.82 Å². The lowest BCUT2D eigenvalue weighted by Crippen LogP contribution is -2.46. The number of phenols is 1. The third-order valence-electron chi connectivity index (χ3n) is 5.01. The minimum Gasteiger partial charge on any atom is -0.507 e. The van der Waals surface area contributed by atoms with Gasteiger partial charge in [-0.3, -0.25) is 9.78 Å². The zero-order valence-electron chi connectivity index (χ0n) is 18.7. The standard InChI is InChI=1S/C20H16Cl2F2N4O7S/c21-12-5-9(28-20(32)25-19(31)16(26-28)18(23)24)6-13(22)17(12)35-11-1-2-14(30)15(7-11)36(33,34)27-8-3-10(29)4-8/h1-2,5-8,10,18,27,29-30H,3-4H2,(H,25,31,32)/i10D. The van der Waals surface area contributed by atoms with E-state index in [1.165, 1.54) is 6.07 Å². The first-order valence-corrected chi connectivity index (χ1v) is 12.2. The highest BCUT2D eigenvalue weighted by Crippen LogP contribution is 2.39. The second-order valence-corrected chi connectivity index (χ2v) is 10.1. The Morgan fingerprint density at radius 1 is 1.22 bits per heavy atom. The number of hydrogen-bond donors (Lipinski definition) is 4. The van der Waals surface area contributed by atoms with Crippen LogP contribution in [0.1, 0.15) is 26.3 Å². The Kier molecular flexibility index (Phi) is 6.70. The van der Waals surface area contributed by atoms with Crippen LogP contribution in [0.2, 0.25) is 10.0 Å². The number of hydrogen-bond acceptors (Lipinski definition) is 8. The number of phenolic OH excluding ortho intramolecular Hbond substituents is 1. The van der Waals surface area contributed by atoms with Crippen LogP contribution in [0.15, 0.2) is 44.8 Å². The molecule has 1 heterocycles. The number of aromatic amines is 1. The lowest BCUT2D eigenvalue weighted by molar-refractivity contribution is 0.0712. The number of H-pyrrole nitrogens is 1. The SMILES string of the molecule is [2H]C1(O)CC(NS(=O)(=O)c2cc(Oc3c(Cl)cc(-n4nc(C(F)F)c(=O)[nH]c4=O)cc3Cl)ccc2O)C1. The molecular weight excluding hydrogens is 549 g/mol. The van der Waals surface area contributed by atoms with E-state index in [1.54, 1.807) is 4.98 Å². The molecule has 1 aliphatic carbocycles. The molecule has 4 rings (SSSR count). The van der Waals surface area contributed by atoms with Gasteiger partial charge in [0.1, 0.15) is 16.4 Å². The van der Waals surface area contributed by atoms with Gasteiger partial charge in [-0.2, -0.15) is 9.78 Å². The monoisotopic (exact) mass is 565 g/mol. The molecule has 2 aromatic carbocycles. The van der Waals surface area contributed by atoms with Gasteiger partial charge >= 0.3 is 5.69 Å². The van der Waals surface area contributed by atoms with Crippen LogP contribution in [0, 0.1) is 0 Å². The average Bonchev–Trinajstić information content (AvgIpc) is 2.75. The normalized spacial score (nSPS) is 20.2. The van der Waals surface area contributed by atoms with Crippen LogP contribution in [0.25, 0.3) is 5.69 Å². The van der Waals surface area contributed by atoms with Crippen molar-refractivity contribution >= 4 is 33.2 Å². The average molecular weight is 566 g/mol. The summed E-state index contributed by atoms with van der Waals surface area (Å²) < 4.78 is 67.2. The van der Waals surface area contributed by atoms with Crippen molar-refractivity contribution in [3.8, 4) is 22.9 Å². The number of nitrogens with zero attached hydrogens (tertiary/aromatic N) is 2. The molecule has 0 bridgehead atoms. The van der Waals surface area contributed by atoms with Gasteiger partial charge in [0.05, 0.1) is 23.2 Å². The first kappa shape index (κ1) is 24.6. The van der Waals surface area contributed by atoms with Gasteiger partial charge in [0.2, 0.25) is 10.0 Å². The molecule has 1 saturated carbocycles. The summed E-state index contributed by atoms with van der Waals surface area (Å²) in [7, 11) is -4.28. The number of alkyl halides is 2. The maximum Gasteiger partial charge on any atom is 0.349 e.